The molecule has 0 amide bonds. The van der Waals surface area contributed by atoms with Gasteiger partial charge in [0.25, 0.3) is 0 Å². The van der Waals surface area contributed by atoms with Gasteiger partial charge in [-0.15, -0.1) is 0 Å². The van der Waals surface area contributed by atoms with Crippen LogP contribution in [0.1, 0.15) is 11.1 Å². The zero-order chi connectivity index (χ0) is 12.1. The van der Waals surface area contributed by atoms with Crippen molar-refractivity contribution in [2.45, 2.75) is 18.9 Å². The summed E-state index contributed by atoms with van der Waals surface area (Å²) in [6, 6.07) is 10.4. The Morgan fingerprint density at radius 1 is 1.12 bits per heavy atom. The van der Waals surface area contributed by atoms with Gasteiger partial charge in [0.15, 0.2) is 0 Å². The molecular formula is C14H16ClNO. The summed E-state index contributed by atoms with van der Waals surface area (Å²) in [5, 5.41) is 4.11. The summed E-state index contributed by atoms with van der Waals surface area (Å²) < 4.78 is 5.08. The van der Waals surface area contributed by atoms with E-state index in [0.717, 1.165) is 17.9 Å². The third-order valence-corrected chi connectivity index (χ3v) is 3.12. The summed E-state index contributed by atoms with van der Waals surface area (Å²) in [5.74, 6) is 0. The summed E-state index contributed by atoms with van der Waals surface area (Å²) in [4.78, 5) is 0. The minimum Gasteiger partial charge on any atom is -0.472 e. The maximum absolute atomic E-state index is 5.87. The fourth-order valence-electron chi connectivity index (χ4n) is 1.87. The smallest absolute Gasteiger partial charge is 0.0935 e. The maximum Gasteiger partial charge on any atom is 0.0935 e. The molecule has 0 radical (unpaired) electrons. The fourth-order valence-corrected chi connectivity index (χ4v) is 2.00. The van der Waals surface area contributed by atoms with Crippen LogP contribution in [0.3, 0.4) is 0 Å². The van der Waals surface area contributed by atoms with Gasteiger partial charge >= 0.3 is 0 Å². The highest BCUT2D eigenvalue weighted by molar-refractivity contribution is 6.30. The number of nitrogens with one attached hydrogen (secondary N) is 1. The lowest BCUT2D eigenvalue weighted by Crippen LogP contribution is -2.29. The summed E-state index contributed by atoms with van der Waals surface area (Å²) in [6.07, 6.45) is 5.46. The largest absolute Gasteiger partial charge is 0.472 e. The average molecular weight is 250 g/mol. The molecule has 1 unspecified atom stereocenters. The van der Waals surface area contributed by atoms with Crippen molar-refractivity contribution in [2.24, 2.45) is 0 Å². The summed E-state index contributed by atoms with van der Waals surface area (Å²) in [7, 11) is 1.99. The van der Waals surface area contributed by atoms with Crippen molar-refractivity contribution in [2.75, 3.05) is 7.05 Å². The van der Waals surface area contributed by atoms with E-state index in [9.17, 15) is 0 Å². The van der Waals surface area contributed by atoms with Gasteiger partial charge in [0.1, 0.15) is 0 Å². The zero-order valence-corrected chi connectivity index (χ0v) is 10.6. The van der Waals surface area contributed by atoms with Gasteiger partial charge in [0.05, 0.1) is 12.5 Å². The van der Waals surface area contributed by atoms with Crippen molar-refractivity contribution >= 4 is 11.6 Å². The molecular weight excluding hydrogens is 234 g/mol. The number of hydrogen-bond acceptors (Lipinski definition) is 2. The number of hydrogen-bond donors (Lipinski definition) is 1. The van der Waals surface area contributed by atoms with E-state index in [0.29, 0.717) is 6.04 Å². The number of benzene rings is 1. The number of rotatable bonds is 5. The van der Waals surface area contributed by atoms with Crippen molar-refractivity contribution in [1.82, 2.24) is 5.32 Å². The van der Waals surface area contributed by atoms with Gasteiger partial charge in [-0.3, -0.25) is 0 Å². The minimum absolute atomic E-state index is 0.411. The Labute approximate surface area is 107 Å². The van der Waals surface area contributed by atoms with Crippen molar-refractivity contribution in [3.63, 3.8) is 0 Å². The predicted octanol–water partition coefficient (Wildman–Crippen LogP) is 3.31. The van der Waals surface area contributed by atoms with Gasteiger partial charge in [-0.2, -0.15) is 0 Å². The Kier molecular flexibility index (Phi) is 4.24. The normalized spacial score (nSPS) is 12.6. The van der Waals surface area contributed by atoms with Crippen LogP contribution in [0.5, 0.6) is 0 Å². The molecule has 1 atom stereocenters. The third-order valence-electron chi connectivity index (χ3n) is 2.87. The summed E-state index contributed by atoms with van der Waals surface area (Å²) in [5.41, 5.74) is 2.51. The quantitative estimate of drug-likeness (QED) is 0.880. The van der Waals surface area contributed by atoms with E-state index in [2.05, 4.69) is 17.4 Å². The van der Waals surface area contributed by atoms with E-state index in [1.165, 1.54) is 11.1 Å². The molecule has 1 aromatic heterocycles. The van der Waals surface area contributed by atoms with Crippen molar-refractivity contribution in [1.29, 1.82) is 0 Å². The second kappa shape index (κ2) is 5.89. The Balaban J connectivity index is 1.97. The molecule has 1 aromatic carbocycles. The molecule has 2 aromatic rings. The molecule has 2 rings (SSSR count). The van der Waals surface area contributed by atoms with E-state index in [-0.39, 0.29) is 0 Å². The van der Waals surface area contributed by atoms with E-state index >= 15 is 0 Å². The number of likely N-dealkylation sites (N-methyl/N-ethyl adjacent to an activating group) is 1. The summed E-state index contributed by atoms with van der Waals surface area (Å²) >= 11 is 5.87. The monoisotopic (exact) mass is 249 g/mol. The maximum atomic E-state index is 5.87. The van der Waals surface area contributed by atoms with Gasteiger partial charge in [-0.25, -0.2) is 0 Å². The highest BCUT2D eigenvalue weighted by Crippen LogP contribution is 2.13. The molecule has 0 bridgehead atoms. The molecule has 0 aliphatic rings. The number of furan rings is 1. The molecule has 3 heteroatoms. The first-order valence-electron chi connectivity index (χ1n) is 5.70. The zero-order valence-electron chi connectivity index (χ0n) is 9.82. The second-order valence-electron chi connectivity index (χ2n) is 4.15. The van der Waals surface area contributed by atoms with Gasteiger partial charge in [0.2, 0.25) is 0 Å². The topological polar surface area (TPSA) is 25.2 Å². The Bertz CT molecular complexity index is 436. The van der Waals surface area contributed by atoms with Crippen LogP contribution < -0.4 is 5.32 Å². The van der Waals surface area contributed by atoms with E-state index in [4.69, 9.17) is 16.0 Å². The molecule has 0 saturated heterocycles. The first-order chi connectivity index (χ1) is 8.28. The van der Waals surface area contributed by atoms with Crippen LogP contribution in [-0.2, 0) is 12.8 Å². The van der Waals surface area contributed by atoms with Crippen LogP contribution in [0, 0.1) is 0 Å². The van der Waals surface area contributed by atoms with Gasteiger partial charge in [0, 0.05) is 11.1 Å². The van der Waals surface area contributed by atoms with Crippen LogP contribution in [0.25, 0.3) is 0 Å². The molecule has 17 heavy (non-hydrogen) atoms. The fraction of sp³-hybridized carbons (Fsp3) is 0.286. The van der Waals surface area contributed by atoms with Gasteiger partial charge in [-0.05, 0) is 49.2 Å². The lowest BCUT2D eigenvalue weighted by atomic mass is 10.0. The van der Waals surface area contributed by atoms with E-state index in [1.807, 2.05) is 25.2 Å². The van der Waals surface area contributed by atoms with Crippen molar-refractivity contribution in [3.8, 4) is 0 Å². The predicted molar refractivity (Wildman–Crippen MR) is 70.4 cm³/mol. The molecule has 0 spiro atoms. The molecule has 0 aliphatic heterocycles. The van der Waals surface area contributed by atoms with Gasteiger partial charge < -0.3 is 9.73 Å². The van der Waals surface area contributed by atoms with Crippen LogP contribution in [0.2, 0.25) is 5.02 Å². The van der Waals surface area contributed by atoms with Crippen molar-refractivity contribution < 1.29 is 4.42 Å². The van der Waals surface area contributed by atoms with Gasteiger partial charge in [-0.1, -0.05) is 23.7 Å². The molecule has 1 N–H and O–H groups in total. The minimum atomic E-state index is 0.411. The number of halogens is 1. The Morgan fingerprint density at radius 2 is 1.82 bits per heavy atom. The lowest BCUT2D eigenvalue weighted by molar-refractivity contribution is 0.538. The molecule has 0 fully saturated rings. The highest BCUT2D eigenvalue weighted by atomic mass is 35.5. The standard InChI is InChI=1S/C14H16ClNO/c1-16-14(9-12-6-7-17-10-12)8-11-2-4-13(15)5-3-11/h2-7,10,14,16H,8-9H2,1H3. The molecule has 90 valence electrons. The second-order valence-corrected chi connectivity index (χ2v) is 4.59. The SMILES string of the molecule is CNC(Cc1ccc(Cl)cc1)Cc1ccoc1. The third kappa shape index (κ3) is 3.62. The molecule has 2 nitrogen and oxygen atoms in total. The first-order valence-corrected chi connectivity index (χ1v) is 6.08. The Hall–Kier alpha value is -1.25. The highest BCUT2D eigenvalue weighted by Gasteiger charge is 2.09. The average Bonchev–Trinajstić information content (AvgIpc) is 2.84. The van der Waals surface area contributed by atoms with Crippen LogP contribution >= 0.6 is 11.6 Å². The van der Waals surface area contributed by atoms with Crippen LogP contribution in [0.4, 0.5) is 0 Å². The molecule has 0 saturated carbocycles. The van der Waals surface area contributed by atoms with Crippen molar-refractivity contribution in [3.05, 3.63) is 59.0 Å². The Morgan fingerprint density at radius 3 is 2.41 bits per heavy atom. The van der Waals surface area contributed by atoms with E-state index < -0.39 is 0 Å². The van der Waals surface area contributed by atoms with E-state index in [1.54, 1.807) is 12.5 Å². The summed E-state index contributed by atoms with van der Waals surface area (Å²) in [6.45, 7) is 0. The molecule has 1 heterocycles. The van der Waals surface area contributed by atoms with Crippen LogP contribution in [-0.4, -0.2) is 13.1 Å². The molecule has 0 aliphatic carbocycles. The first kappa shape index (κ1) is 12.2. The van der Waals surface area contributed by atoms with Crippen LogP contribution in [0.15, 0.2) is 47.3 Å². The lowest BCUT2D eigenvalue weighted by Gasteiger charge is -2.15.